The lowest BCUT2D eigenvalue weighted by Crippen LogP contribution is -2.49. The Bertz CT molecular complexity index is 375. The normalized spacial score (nSPS) is 30.0. The summed E-state index contributed by atoms with van der Waals surface area (Å²) in [5, 5.41) is 0. The number of alkyl halides is 1. The molecular weight excluding hydrogens is 264 g/mol. The second-order valence-corrected chi connectivity index (χ2v) is 5.09. The van der Waals surface area contributed by atoms with Gasteiger partial charge in [-0.15, -0.1) is 0 Å². The van der Waals surface area contributed by atoms with Crippen molar-refractivity contribution < 1.29 is 8.78 Å². The molecule has 4 heteroatoms. The van der Waals surface area contributed by atoms with Gasteiger partial charge in [0.05, 0.1) is 0 Å². The largest absolute Gasteiger partial charge is 0.327 e. The highest BCUT2D eigenvalue weighted by Gasteiger charge is 2.43. The van der Waals surface area contributed by atoms with Crippen molar-refractivity contribution in [2.45, 2.75) is 31.0 Å². The summed E-state index contributed by atoms with van der Waals surface area (Å²) in [4.78, 5) is 0. The Morgan fingerprint density at radius 1 is 1.47 bits per heavy atom. The van der Waals surface area contributed by atoms with Crippen LogP contribution in [-0.4, -0.2) is 11.7 Å². The molecule has 0 unspecified atom stereocenters. The first-order valence-corrected chi connectivity index (χ1v) is 5.66. The highest BCUT2D eigenvalue weighted by atomic mass is 79.9. The number of hydrogen-bond donors (Lipinski definition) is 1. The molecule has 15 heavy (non-hydrogen) atoms. The van der Waals surface area contributed by atoms with Crippen molar-refractivity contribution in [3.8, 4) is 0 Å². The number of halogens is 3. The zero-order chi connectivity index (χ0) is 11.1. The lowest BCUT2D eigenvalue weighted by atomic mass is 9.74. The Kier molecular flexibility index (Phi) is 2.81. The van der Waals surface area contributed by atoms with E-state index in [-0.39, 0.29) is 11.9 Å². The maximum Gasteiger partial charge on any atom is 0.124 e. The van der Waals surface area contributed by atoms with E-state index in [0.29, 0.717) is 23.7 Å². The Morgan fingerprint density at radius 3 is 2.67 bits per heavy atom. The van der Waals surface area contributed by atoms with Crippen LogP contribution in [0.3, 0.4) is 0 Å². The van der Waals surface area contributed by atoms with E-state index in [0.717, 1.165) is 5.56 Å². The summed E-state index contributed by atoms with van der Waals surface area (Å²) in [6.07, 6.45) is 1.11. The van der Waals surface area contributed by atoms with Crippen LogP contribution in [0.15, 0.2) is 22.7 Å². The number of nitrogens with two attached hydrogens (primary N) is 1. The van der Waals surface area contributed by atoms with E-state index in [4.69, 9.17) is 5.73 Å². The van der Waals surface area contributed by atoms with Crippen molar-refractivity contribution in [3.05, 3.63) is 34.1 Å². The van der Waals surface area contributed by atoms with Gasteiger partial charge in [0, 0.05) is 16.9 Å². The van der Waals surface area contributed by atoms with Crippen LogP contribution < -0.4 is 5.73 Å². The Balaban J connectivity index is 2.11. The zero-order valence-electron chi connectivity index (χ0n) is 8.14. The van der Waals surface area contributed by atoms with Gasteiger partial charge in [0.1, 0.15) is 11.5 Å². The van der Waals surface area contributed by atoms with E-state index in [1.54, 1.807) is 6.07 Å². The summed E-state index contributed by atoms with van der Waals surface area (Å²) in [5.41, 5.74) is 5.16. The number of benzene rings is 1. The third-order valence-corrected chi connectivity index (χ3v) is 3.52. The lowest BCUT2D eigenvalue weighted by Gasteiger charge is -2.39. The van der Waals surface area contributed by atoms with Crippen LogP contribution in [0.4, 0.5) is 8.78 Å². The van der Waals surface area contributed by atoms with Gasteiger partial charge in [-0.3, -0.25) is 0 Å². The second-order valence-electron chi connectivity index (χ2n) is 4.23. The Hall–Kier alpha value is -0.480. The molecule has 0 atom stereocenters. The smallest absolute Gasteiger partial charge is 0.124 e. The summed E-state index contributed by atoms with van der Waals surface area (Å²) in [6, 6.07) is 4.30. The molecule has 0 spiro atoms. The van der Waals surface area contributed by atoms with Crippen molar-refractivity contribution in [3.63, 3.8) is 0 Å². The van der Waals surface area contributed by atoms with Crippen molar-refractivity contribution in [2.75, 3.05) is 0 Å². The molecule has 2 rings (SSSR count). The lowest BCUT2D eigenvalue weighted by molar-refractivity contribution is 0.0443. The van der Waals surface area contributed by atoms with E-state index in [2.05, 4.69) is 15.9 Å². The molecule has 1 aromatic rings. The van der Waals surface area contributed by atoms with Crippen LogP contribution in [0.5, 0.6) is 0 Å². The first kappa shape index (κ1) is 11.0. The van der Waals surface area contributed by atoms with Gasteiger partial charge < -0.3 is 5.73 Å². The van der Waals surface area contributed by atoms with Gasteiger partial charge in [0.15, 0.2) is 0 Å². The predicted octanol–water partition coefficient (Wildman–Crippen LogP) is 2.96. The molecule has 82 valence electrons. The van der Waals surface area contributed by atoms with Crippen LogP contribution in [-0.2, 0) is 6.42 Å². The Labute approximate surface area is 95.8 Å². The fourth-order valence-corrected chi connectivity index (χ4v) is 2.52. The quantitative estimate of drug-likeness (QED) is 0.883. The van der Waals surface area contributed by atoms with Gasteiger partial charge in [0.25, 0.3) is 0 Å². The molecule has 1 aliphatic carbocycles. The predicted molar refractivity (Wildman–Crippen MR) is 58.9 cm³/mol. The fraction of sp³-hybridized carbons (Fsp3) is 0.455. The minimum atomic E-state index is -1.19. The SMILES string of the molecule is NC1CC(F)(Cc2ccc(F)cc2Br)C1. The minimum Gasteiger partial charge on any atom is -0.327 e. The monoisotopic (exact) mass is 275 g/mol. The number of rotatable bonds is 2. The summed E-state index contributed by atoms with van der Waals surface area (Å²) >= 11 is 3.23. The molecule has 2 N–H and O–H groups in total. The summed E-state index contributed by atoms with van der Waals surface area (Å²) in [6.45, 7) is 0. The van der Waals surface area contributed by atoms with Gasteiger partial charge >= 0.3 is 0 Å². The molecule has 0 heterocycles. The minimum absolute atomic E-state index is 0.0192. The highest BCUT2D eigenvalue weighted by Crippen LogP contribution is 2.39. The molecule has 1 nitrogen and oxygen atoms in total. The van der Waals surface area contributed by atoms with Crippen molar-refractivity contribution in [1.82, 2.24) is 0 Å². The number of hydrogen-bond acceptors (Lipinski definition) is 1. The first-order chi connectivity index (χ1) is 6.98. The summed E-state index contributed by atoms with van der Waals surface area (Å²) in [7, 11) is 0. The van der Waals surface area contributed by atoms with Gasteiger partial charge in [-0.05, 0) is 30.5 Å². The van der Waals surface area contributed by atoms with Crippen LogP contribution in [0.2, 0.25) is 0 Å². The molecule has 0 saturated heterocycles. The third-order valence-electron chi connectivity index (χ3n) is 2.78. The molecule has 1 aliphatic rings. The van der Waals surface area contributed by atoms with E-state index in [1.807, 2.05) is 0 Å². The van der Waals surface area contributed by atoms with Crippen molar-refractivity contribution >= 4 is 15.9 Å². The molecule has 1 saturated carbocycles. The van der Waals surface area contributed by atoms with E-state index >= 15 is 0 Å². The average Bonchev–Trinajstić information content (AvgIpc) is 2.08. The first-order valence-electron chi connectivity index (χ1n) is 4.87. The molecule has 0 bridgehead atoms. The Morgan fingerprint density at radius 2 is 2.13 bits per heavy atom. The van der Waals surface area contributed by atoms with Gasteiger partial charge in [-0.2, -0.15) is 0 Å². The molecule has 0 aromatic heterocycles. The van der Waals surface area contributed by atoms with E-state index in [1.165, 1.54) is 12.1 Å². The van der Waals surface area contributed by atoms with Crippen LogP contribution in [0, 0.1) is 5.82 Å². The molecule has 0 radical (unpaired) electrons. The maximum atomic E-state index is 13.9. The molecule has 1 aromatic carbocycles. The van der Waals surface area contributed by atoms with E-state index in [9.17, 15) is 8.78 Å². The highest BCUT2D eigenvalue weighted by molar-refractivity contribution is 9.10. The van der Waals surface area contributed by atoms with Gasteiger partial charge in [-0.1, -0.05) is 22.0 Å². The second kappa shape index (κ2) is 3.83. The van der Waals surface area contributed by atoms with Gasteiger partial charge in [-0.25, -0.2) is 8.78 Å². The third kappa shape index (κ3) is 2.37. The summed E-state index contributed by atoms with van der Waals surface area (Å²) < 4.78 is 27.3. The zero-order valence-corrected chi connectivity index (χ0v) is 9.73. The van der Waals surface area contributed by atoms with Crippen molar-refractivity contribution in [1.29, 1.82) is 0 Å². The van der Waals surface area contributed by atoms with Crippen LogP contribution in [0.25, 0.3) is 0 Å². The molecule has 0 amide bonds. The van der Waals surface area contributed by atoms with Crippen LogP contribution >= 0.6 is 15.9 Å². The van der Waals surface area contributed by atoms with Gasteiger partial charge in [0.2, 0.25) is 0 Å². The van der Waals surface area contributed by atoms with Crippen molar-refractivity contribution in [2.24, 2.45) is 5.73 Å². The average molecular weight is 276 g/mol. The fourth-order valence-electron chi connectivity index (χ4n) is 2.03. The molecular formula is C11H12BrF2N. The summed E-state index contributed by atoms with van der Waals surface area (Å²) in [5.74, 6) is -0.316. The van der Waals surface area contributed by atoms with E-state index < -0.39 is 5.67 Å². The van der Waals surface area contributed by atoms with Crippen LogP contribution in [0.1, 0.15) is 18.4 Å². The topological polar surface area (TPSA) is 26.0 Å². The molecule has 1 fully saturated rings. The molecule has 0 aliphatic heterocycles. The standard InChI is InChI=1S/C11H12BrF2N/c12-10-3-8(13)2-1-7(10)4-11(14)5-9(15)6-11/h1-3,9H,4-6,15H2. The maximum absolute atomic E-state index is 13.9.